The van der Waals surface area contributed by atoms with Gasteiger partial charge in [0, 0.05) is 6.04 Å². The zero-order chi connectivity index (χ0) is 8.97. The molecule has 0 amide bonds. The number of hydrogen-bond donors (Lipinski definition) is 1. The Kier molecular flexibility index (Phi) is 3.30. The molecule has 0 bridgehead atoms. The SMILES string of the molecule is CC[C@@H](N)C(C)c1ccccc1. The van der Waals surface area contributed by atoms with Crippen LogP contribution in [-0.4, -0.2) is 6.04 Å². The van der Waals surface area contributed by atoms with Gasteiger partial charge >= 0.3 is 0 Å². The first kappa shape index (κ1) is 9.27. The van der Waals surface area contributed by atoms with E-state index in [4.69, 9.17) is 5.73 Å². The fourth-order valence-electron chi connectivity index (χ4n) is 1.36. The molecule has 1 nitrogen and oxygen atoms in total. The summed E-state index contributed by atoms with van der Waals surface area (Å²) in [7, 11) is 0. The van der Waals surface area contributed by atoms with E-state index in [-0.39, 0.29) is 6.04 Å². The van der Waals surface area contributed by atoms with E-state index < -0.39 is 0 Å². The minimum absolute atomic E-state index is 0.285. The molecule has 2 N–H and O–H groups in total. The van der Waals surface area contributed by atoms with E-state index in [9.17, 15) is 0 Å². The molecule has 0 saturated carbocycles. The second-order valence-corrected chi connectivity index (χ2v) is 3.27. The summed E-state index contributed by atoms with van der Waals surface area (Å²) >= 11 is 0. The molecular weight excluding hydrogens is 146 g/mol. The van der Waals surface area contributed by atoms with Crippen LogP contribution in [0.25, 0.3) is 0 Å². The summed E-state index contributed by atoms with van der Waals surface area (Å²) in [5.74, 6) is 0.469. The highest BCUT2D eigenvalue weighted by atomic mass is 14.6. The van der Waals surface area contributed by atoms with Crippen molar-refractivity contribution in [2.75, 3.05) is 0 Å². The third-order valence-corrected chi connectivity index (χ3v) is 2.44. The molecule has 0 aliphatic carbocycles. The summed E-state index contributed by atoms with van der Waals surface area (Å²) in [6.45, 7) is 4.31. The summed E-state index contributed by atoms with van der Waals surface area (Å²) in [4.78, 5) is 0. The summed E-state index contributed by atoms with van der Waals surface area (Å²) in [6, 6.07) is 10.7. The van der Waals surface area contributed by atoms with Crippen LogP contribution in [0.5, 0.6) is 0 Å². The van der Waals surface area contributed by atoms with Gasteiger partial charge in [0.05, 0.1) is 0 Å². The van der Waals surface area contributed by atoms with Crippen molar-refractivity contribution in [1.82, 2.24) is 0 Å². The van der Waals surface area contributed by atoms with Gasteiger partial charge in [0.15, 0.2) is 0 Å². The minimum atomic E-state index is 0.285. The molecule has 0 radical (unpaired) electrons. The van der Waals surface area contributed by atoms with Crippen molar-refractivity contribution in [3.8, 4) is 0 Å². The Hall–Kier alpha value is -0.820. The molecule has 0 saturated heterocycles. The van der Waals surface area contributed by atoms with Crippen molar-refractivity contribution in [2.45, 2.75) is 32.2 Å². The summed E-state index contributed by atoms with van der Waals surface area (Å²) in [5, 5.41) is 0. The van der Waals surface area contributed by atoms with Crippen molar-refractivity contribution in [3.63, 3.8) is 0 Å². The highest BCUT2D eigenvalue weighted by molar-refractivity contribution is 5.20. The number of rotatable bonds is 3. The van der Waals surface area contributed by atoms with Crippen LogP contribution in [0.2, 0.25) is 0 Å². The minimum Gasteiger partial charge on any atom is -0.327 e. The summed E-state index contributed by atoms with van der Waals surface area (Å²) in [5.41, 5.74) is 7.29. The molecule has 0 aromatic heterocycles. The monoisotopic (exact) mass is 163 g/mol. The Bertz CT molecular complexity index is 218. The molecule has 1 aromatic carbocycles. The van der Waals surface area contributed by atoms with Crippen molar-refractivity contribution >= 4 is 0 Å². The van der Waals surface area contributed by atoms with Gasteiger partial charge in [0.2, 0.25) is 0 Å². The molecule has 0 aliphatic rings. The lowest BCUT2D eigenvalue weighted by atomic mass is 9.92. The van der Waals surface area contributed by atoms with Gasteiger partial charge in [-0.05, 0) is 17.9 Å². The molecule has 1 aromatic rings. The van der Waals surface area contributed by atoms with Crippen LogP contribution in [0.1, 0.15) is 31.7 Å². The van der Waals surface area contributed by atoms with Crippen LogP contribution in [0, 0.1) is 0 Å². The van der Waals surface area contributed by atoms with E-state index in [0.29, 0.717) is 5.92 Å². The maximum Gasteiger partial charge on any atom is 0.0103 e. The van der Waals surface area contributed by atoms with E-state index in [2.05, 4.69) is 38.1 Å². The van der Waals surface area contributed by atoms with Crippen molar-refractivity contribution in [3.05, 3.63) is 35.9 Å². The van der Waals surface area contributed by atoms with Gasteiger partial charge in [0.25, 0.3) is 0 Å². The van der Waals surface area contributed by atoms with Gasteiger partial charge < -0.3 is 5.73 Å². The van der Waals surface area contributed by atoms with E-state index in [1.165, 1.54) is 5.56 Å². The van der Waals surface area contributed by atoms with Crippen LogP contribution < -0.4 is 5.73 Å². The Balaban J connectivity index is 2.71. The largest absolute Gasteiger partial charge is 0.327 e. The van der Waals surface area contributed by atoms with Crippen molar-refractivity contribution in [1.29, 1.82) is 0 Å². The van der Waals surface area contributed by atoms with Crippen LogP contribution in [-0.2, 0) is 0 Å². The average Bonchev–Trinajstić information content (AvgIpc) is 2.17. The van der Waals surface area contributed by atoms with E-state index >= 15 is 0 Å². The molecule has 1 rings (SSSR count). The predicted octanol–water partition coefficient (Wildman–Crippen LogP) is 2.53. The van der Waals surface area contributed by atoms with E-state index in [0.717, 1.165) is 6.42 Å². The third-order valence-electron chi connectivity index (χ3n) is 2.44. The Morgan fingerprint density at radius 1 is 1.25 bits per heavy atom. The molecule has 0 spiro atoms. The second-order valence-electron chi connectivity index (χ2n) is 3.27. The van der Waals surface area contributed by atoms with Crippen molar-refractivity contribution < 1.29 is 0 Å². The lowest BCUT2D eigenvalue weighted by molar-refractivity contribution is 0.551. The van der Waals surface area contributed by atoms with Crippen LogP contribution >= 0.6 is 0 Å². The van der Waals surface area contributed by atoms with Gasteiger partial charge in [-0.15, -0.1) is 0 Å². The molecular formula is C11H17N. The normalized spacial score (nSPS) is 15.6. The lowest BCUT2D eigenvalue weighted by Crippen LogP contribution is -2.25. The van der Waals surface area contributed by atoms with Crippen LogP contribution in [0.3, 0.4) is 0 Å². The molecule has 0 fully saturated rings. The maximum atomic E-state index is 5.95. The number of hydrogen-bond acceptors (Lipinski definition) is 1. The smallest absolute Gasteiger partial charge is 0.0103 e. The fourth-order valence-corrected chi connectivity index (χ4v) is 1.36. The highest BCUT2D eigenvalue weighted by Crippen LogP contribution is 2.18. The molecule has 0 heterocycles. The van der Waals surface area contributed by atoms with Gasteiger partial charge in [0.1, 0.15) is 0 Å². The maximum absolute atomic E-state index is 5.95. The van der Waals surface area contributed by atoms with Gasteiger partial charge in [-0.2, -0.15) is 0 Å². The Labute approximate surface area is 74.6 Å². The topological polar surface area (TPSA) is 26.0 Å². The third kappa shape index (κ3) is 2.08. The Morgan fingerprint density at radius 3 is 2.33 bits per heavy atom. The van der Waals surface area contributed by atoms with E-state index in [1.54, 1.807) is 0 Å². The predicted molar refractivity (Wildman–Crippen MR) is 53.1 cm³/mol. The molecule has 66 valence electrons. The van der Waals surface area contributed by atoms with Gasteiger partial charge in [-0.25, -0.2) is 0 Å². The van der Waals surface area contributed by atoms with Crippen molar-refractivity contribution in [2.24, 2.45) is 5.73 Å². The molecule has 1 heteroatoms. The number of benzene rings is 1. The number of nitrogens with two attached hydrogens (primary N) is 1. The zero-order valence-electron chi connectivity index (χ0n) is 7.83. The highest BCUT2D eigenvalue weighted by Gasteiger charge is 2.11. The summed E-state index contributed by atoms with van der Waals surface area (Å²) < 4.78 is 0. The van der Waals surface area contributed by atoms with Crippen LogP contribution in [0.15, 0.2) is 30.3 Å². The quantitative estimate of drug-likeness (QED) is 0.728. The van der Waals surface area contributed by atoms with Crippen LogP contribution in [0.4, 0.5) is 0 Å². The summed E-state index contributed by atoms with van der Waals surface area (Å²) in [6.07, 6.45) is 1.04. The first-order valence-electron chi connectivity index (χ1n) is 4.56. The average molecular weight is 163 g/mol. The molecule has 1 unspecified atom stereocenters. The lowest BCUT2D eigenvalue weighted by Gasteiger charge is -2.18. The van der Waals surface area contributed by atoms with Gasteiger partial charge in [-0.1, -0.05) is 44.2 Å². The molecule has 12 heavy (non-hydrogen) atoms. The Morgan fingerprint density at radius 2 is 1.83 bits per heavy atom. The molecule has 0 aliphatic heterocycles. The van der Waals surface area contributed by atoms with Gasteiger partial charge in [-0.3, -0.25) is 0 Å². The molecule has 2 atom stereocenters. The fraction of sp³-hybridized carbons (Fsp3) is 0.455. The first-order chi connectivity index (χ1) is 5.75. The standard InChI is InChI=1S/C11H17N/c1-3-11(12)9(2)10-7-5-4-6-8-10/h4-9,11H,3,12H2,1-2H3/t9?,11-/m1/s1. The zero-order valence-corrected chi connectivity index (χ0v) is 7.83. The second kappa shape index (κ2) is 4.27. The first-order valence-corrected chi connectivity index (χ1v) is 4.56. The van der Waals surface area contributed by atoms with E-state index in [1.807, 2.05) is 6.07 Å².